The third-order valence-corrected chi connectivity index (χ3v) is 11.5. The van der Waals surface area contributed by atoms with Crippen molar-refractivity contribution in [1.29, 1.82) is 0 Å². The fourth-order valence-corrected chi connectivity index (χ4v) is 8.15. The van der Waals surface area contributed by atoms with Crippen molar-refractivity contribution in [3.8, 4) is 11.1 Å². The molecule has 0 fully saturated rings. The highest BCUT2D eigenvalue weighted by molar-refractivity contribution is 6.11. The van der Waals surface area contributed by atoms with Crippen LogP contribution in [0.5, 0.6) is 0 Å². The van der Waals surface area contributed by atoms with Gasteiger partial charge in [-0.25, -0.2) is 0 Å². The molecule has 2 nitrogen and oxygen atoms in total. The molecule has 2 N–H and O–H groups in total. The lowest BCUT2D eigenvalue weighted by Crippen LogP contribution is -2.32. The number of rotatable bonds is 7. The Kier molecular flexibility index (Phi) is 12.1. The molecule has 6 aromatic carbocycles. The first kappa shape index (κ1) is 40.3. The van der Waals surface area contributed by atoms with Crippen LogP contribution in [0.4, 0.5) is 5.69 Å². The Hall–Kier alpha value is -6.90. The van der Waals surface area contributed by atoms with Crippen LogP contribution in [0.1, 0.15) is 49.9 Å². The van der Waals surface area contributed by atoms with Crippen LogP contribution in [-0.4, -0.2) is 0 Å². The van der Waals surface area contributed by atoms with Gasteiger partial charge in [-0.2, -0.15) is 0 Å². The molecule has 0 aliphatic carbocycles. The second-order valence-corrected chi connectivity index (χ2v) is 15.8. The summed E-state index contributed by atoms with van der Waals surface area (Å²) >= 11 is 0. The molecule has 6 aromatic rings. The molecule has 0 radical (unpaired) electrons. The van der Waals surface area contributed by atoms with Gasteiger partial charge in [0.2, 0.25) is 0 Å². The molecule has 1 aliphatic rings. The third kappa shape index (κ3) is 8.68. The molecule has 59 heavy (non-hydrogen) atoms. The maximum absolute atomic E-state index is 6.79. The molecular weight excluding hydrogens is 713 g/mol. The zero-order valence-corrected chi connectivity index (χ0v) is 34.8. The average molecular weight is 767 g/mol. The molecule has 1 atom stereocenters. The van der Waals surface area contributed by atoms with E-state index in [2.05, 4.69) is 216 Å². The SMILES string of the molecule is C=C1/C=C\C=C/N(c2cccc(-c3cccc(/C(N)=C/C(C)/C=C\C(=CC)c4ccccc4)c3)c2)C(=C)C(C)(C)c2c(c3ccccc3c3ccccc23)C/C=C\C1=C. The van der Waals surface area contributed by atoms with Gasteiger partial charge < -0.3 is 10.6 Å². The first-order valence-electron chi connectivity index (χ1n) is 20.5. The second-order valence-electron chi connectivity index (χ2n) is 15.8. The zero-order valence-electron chi connectivity index (χ0n) is 34.8. The van der Waals surface area contributed by atoms with Gasteiger partial charge in [0.1, 0.15) is 0 Å². The minimum atomic E-state index is -0.485. The van der Waals surface area contributed by atoms with E-state index in [1.165, 1.54) is 43.8 Å². The van der Waals surface area contributed by atoms with E-state index in [4.69, 9.17) is 12.3 Å². The van der Waals surface area contributed by atoms with Crippen LogP contribution in [0.3, 0.4) is 0 Å². The van der Waals surface area contributed by atoms with Crippen molar-refractivity contribution >= 4 is 38.5 Å². The lowest BCUT2D eigenvalue weighted by Gasteiger charge is -2.38. The largest absolute Gasteiger partial charge is 0.398 e. The number of nitrogens with zero attached hydrogens (tertiary/aromatic N) is 1. The Balaban J connectivity index is 1.27. The van der Waals surface area contributed by atoms with E-state index in [1.807, 2.05) is 18.2 Å². The van der Waals surface area contributed by atoms with E-state index < -0.39 is 5.41 Å². The number of nitrogens with two attached hydrogens (primary N) is 1. The highest BCUT2D eigenvalue weighted by atomic mass is 15.1. The Bertz CT molecular complexity index is 2740. The van der Waals surface area contributed by atoms with Gasteiger partial charge in [0.15, 0.2) is 0 Å². The minimum Gasteiger partial charge on any atom is -0.398 e. The van der Waals surface area contributed by atoms with Crippen molar-refractivity contribution < 1.29 is 0 Å². The Morgan fingerprint density at radius 3 is 2.03 bits per heavy atom. The van der Waals surface area contributed by atoms with Gasteiger partial charge in [-0.3, -0.25) is 0 Å². The molecule has 7 rings (SSSR count). The number of allylic oxidation sites excluding steroid dienone is 13. The van der Waals surface area contributed by atoms with Crippen LogP contribution >= 0.6 is 0 Å². The Labute approximate surface area is 351 Å². The molecule has 1 heterocycles. The quantitative estimate of drug-likeness (QED) is 0.130. The van der Waals surface area contributed by atoms with Gasteiger partial charge in [0.05, 0.1) is 0 Å². The first-order chi connectivity index (χ1) is 28.6. The summed E-state index contributed by atoms with van der Waals surface area (Å²) in [6, 6.07) is 45.2. The van der Waals surface area contributed by atoms with Crippen molar-refractivity contribution in [2.45, 2.75) is 39.5 Å². The third-order valence-electron chi connectivity index (χ3n) is 11.5. The summed E-state index contributed by atoms with van der Waals surface area (Å²) in [6.45, 7) is 22.4. The van der Waals surface area contributed by atoms with Gasteiger partial charge in [-0.1, -0.05) is 198 Å². The number of anilines is 1. The summed E-state index contributed by atoms with van der Waals surface area (Å²) in [5, 5.41) is 4.98. The van der Waals surface area contributed by atoms with E-state index in [0.717, 1.165) is 51.3 Å². The van der Waals surface area contributed by atoms with E-state index in [-0.39, 0.29) is 5.92 Å². The summed E-state index contributed by atoms with van der Waals surface area (Å²) in [5.41, 5.74) is 18.9. The van der Waals surface area contributed by atoms with Crippen molar-refractivity contribution in [2.24, 2.45) is 11.7 Å². The monoisotopic (exact) mass is 766 g/mol. The number of benzene rings is 6. The highest BCUT2D eigenvalue weighted by Gasteiger charge is 2.33. The maximum Gasteiger partial charge on any atom is 0.0458 e. The van der Waals surface area contributed by atoms with E-state index in [9.17, 15) is 0 Å². The predicted octanol–water partition coefficient (Wildman–Crippen LogP) is 14.8. The van der Waals surface area contributed by atoms with Crippen LogP contribution < -0.4 is 10.6 Å². The average Bonchev–Trinajstić information content (AvgIpc) is 3.26. The van der Waals surface area contributed by atoms with Crippen LogP contribution in [0.2, 0.25) is 0 Å². The van der Waals surface area contributed by atoms with Gasteiger partial charge >= 0.3 is 0 Å². The van der Waals surface area contributed by atoms with Crippen LogP contribution in [-0.2, 0) is 11.8 Å². The minimum absolute atomic E-state index is 0.143. The topological polar surface area (TPSA) is 29.3 Å². The van der Waals surface area contributed by atoms with Gasteiger partial charge in [-0.15, -0.1) is 0 Å². The van der Waals surface area contributed by atoms with Crippen molar-refractivity contribution in [2.75, 3.05) is 4.90 Å². The Morgan fingerprint density at radius 1 is 0.695 bits per heavy atom. The van der Waals surface area contributed by atoms with Gasteiger partial charge in [-0.05, 0) is 115 Å². The van der Waals surface area contributed by atoms with Gasteiger partial charge in [0.25, 0.3) is 0 Å². The lowest BCUT2D eigenvalue weighted by molar-refractivity contribution is 0.612. The number of hydrogen-bond donors (Lipinski definition) is 1. The lowest BCUT2D eigenvalue weighted by atomic mass is 9.74. The second kappa shape index (κ2) is 17.7. The number of hydrogen-bond acceptors (Lipinski definition) is 2. The van der Waals surface area contributed by atoms with E-state index >= 15 is 0 Å². The summed E-state index contributed by atoms with van der Waals surface area (Å²) in [5.74, 6) is 0.143. The van der Waals surface area contributed by atoms with E-state index in [1.54, 1.807) is 0 Å². The molecule has 0 aromatic heterocycles. The summed E-state index contributed by atoms with van der Waals surface area (Å²) in [7, 11) is 0. The van der Waals surface area contributed by atoms with E-state index in [0.29, 0.717) is 0 Å². The first-order valence-corrected chi connectivity index (χ1v) is 20.5. The van der Waals surface area contributed by atoms with Crippen molar-refractivity contribution in [3.63, 3.8) is 0 Å². The van der Waals surface area contributed by atoms with Crippen LogP contribution in [0, 0.1) is 5.92 Å². The normalized spacial score (nSPS) is 17.5. The van der Waals surface area contributed by atoms with Crippen molar-refractivity contribution in [3.05, 3.63) is 247 Å². The fraction of sp³-hybridized carbons (Fsp3) is 0.123. The van der Waals surface area contributed by atoms with Crippen LogP contribution in [0.25, 0.3) is 43.9 Å². The number of fused-ring (bicyclic) bond motifs is 6. The summed E-state index contributed by atoms with van der Waals surface area (Å²) < 4.78 is 0. The molecule has 1 unspecified atom stereocenters. The molecule has 292 valence electrons. The molecule has 0 saturated heterocycles. The van der Waals surface area contributed by atoms with Crippen molar-refractivity contribution in [1.82, 2.24) is 0 Å². The molecule has 1 aliphatic heterocycles. The Morgan fingerprint density at radius 2 is 1.31 bits per heavy atom. The maximum atomic E-state index is 6.79. The van der Waals surface area contributed by atoms with Crippen LogP contribution in [0.15, 0.2) is 225 Å². The predicted molar refractivity (Wildman–Crippen MR) is 258 cm³/mol. The molecule has 0 bridgehead atoms. The molecular formula is C57H54N2. The molecule has 0 amide bonds. The standard InChI is InChI=1S/C57H54N2/c1-8-44(45-23-10-9-11-24-45)35-34-40(2)37-55(58)48-27-19-25-46(38-48)47-26-20-28-49(39-47)59-36-17-16-21-41(3)42(4)22-18-33-54-52-30-13-12-29-50(52)51-31-14-15-32-53(51)56(54)57(6,7)43(59)5/h8-32,34-40H,3-5,33,58H2,1-2,6-7H3/b21-16-,22-18-,35-34-,36-17-,44-8?,55-37-. The molecule has 2 heteroatoms. The van der Waals surface area contributed by atoms with Gasteiger partial charge in [0, 0.05) is 28.7 Å². The summed E-state index contributed by atoms with van der Waals surface area (Å²) in [4.78, 5) is 2.24. The fourth-order valence-electron chi connectivity index (χ4n) is 8.15. The molecule has 0 spiro atoms. The zero-order chi connectivity index (χ0) is 41.5. The molecule has 0 saturated carbocycles. The summed E-state index contributed by atoms with van der Waals surface area (Å²) in [6.07, 6.45) is 21.9. The smallest absolute Gasteiger partial charge is 0.0458 e. The highest BCUT2D eigenvalue weighted by Crippen LogP contribution is 2.45.